The van der Waals surface area contributed by atoms with Crippen LogP contribution in [0.2, 0.25) is 0 Å². The molecule has 9 heteroatoms. The lowest BCUT2D eigenvalue weighted by molar-refractivity contribution is -0.120. The Kier molecular flexibility index (Phi) is 5.99. The highest BCUT2D eigenvalue weighted by atomic mass is 16.5. The molecule has 4 rings (SSSR count). The van der Waals surface area contributed by atoms with Crippen molar-refractivity contribution >= 4 is 16.9 Å². The number of aromatic nitrogens is 4. The second-order valence-electron chi connectivity index (χ2n) is 8.81. The number of hydrogen-bond donors (Lipinski definition) is 1. The van der Waals surface area contributed by atoms with Crippen LogP contribution in [0.5, 0.6) is 0 Å². The quantitative estimate of drug-likeness (QED) is 0.650. The van der Waals surface area contributed by atoms with Crippen LogP contribution in [0, 0.1) is 19.8 Å². The van der Waals surface area contributed by atoms with Crippen LogP contribution in [-0.2, 0) is 25.3 Å². The van der Waals surface area contributed by atoms with Crippen molar-refractivity contribution in [3.05, 3.63) is 55.7 Å². The van der Waals surface area contributed by atoms with Crippen LogP contribution >= 0.6 is 0 Å². The van der Waals surface area contributed by atoms with Gasteiger partial charge in [-0.3, -0.25) is 18.7 Å². The minimum Gasteiger partial charge on any atom is -0.361 e. The molecule has 0 saturated heterocycles. The predicted molar refractivity (Wildman–Crippen MR) is 120 cm³/mol. The number of carbonyl (C=O) groups is 1. The van der Waals surface area contributed by atoms with E-state index in [1.54, 1.807) is 13.1 Å². The van der Waals surface area contributed by atoms with Crippen molar-refractivity contribution in [3.63, 3.8) is 0 Å². The highest BCUT2D eigenvalue weighted by molar-refractivity contribution is 5.79. The molecule has 0 spiro atoms. The number of rotatable bonds is 5. The third kappa shape index (κ3) is 4.11. The zero-order valence-corrected chi connectivity index (χ0v) is 19.0. The molecular weight excluding hydrogens is 410 g/mol. The van der Waals surface area contributed by atoms with Crippen molar-refractivity contribution in [2.24, 2.45) is 20.0 Å². The molecule has 0 radical (unpaired) electrons. The molecule has 32 heavy (non-hydrogen) atoms. The van der Waals surface area contributed by atoms with Gasteiger partial charge in [-0.05, 0) is 57.6 Å². The summed E-state index contributed by atoms with van der Waals surface area (Å²) in [6, 6.07) is 3.69. The van der Waals surface area contributed by atoms with Gasteiger partial charge in [-0.1, -0.05) is 5.16 Å². The lowest BCUT2D eigenvalue weighted by Crippen LogP contribution is -2.37. The molecule has 1 N–H and O–H groups in total. The van der Waals surface area contributed by atoms with E-state index in [1.165, 1.54) is 11.6 Å². The maximum atomic E-state index is 12.4. The number of carbonyl (C=O) groups excluding carboxylic acids is 1. The summed E-state index contributed by atoms with van der Waals surface area (Å²) in [6.45, 7) is 4.32. The lowest BCUT2D eigenvalue weighted by atomic mass is 9.80. The number of pyridine rings is 1. The van der Waals surface area contributed by atoms with E-state index in [0.717, 1.165) is 47.2 Å². The molecule has 1 aliphatic carbocycles. The van der Waals surface area contributed by atoms with Crippen molar-refractivity contribution in [1.82, 2.24) is 24.6 Å². The smallest absolute Gasteiger partial charge is 0.332 e. The molecular formula is C23H29N5O4. The highest BCUT2D eigenvalue weighted by Crippen LogP contribution is 2.35. The second kappa shape index (κ2) is 8.72. The molecule has 1 amide bonds. The van der Waals surface area contributed by atoms with Crippen molar-refractivity contribution in [2.45, 2.75) is 51.9 Å². The van der Waals surface area contributed by atoms with Crippen molar-refractivity contribution in [2.75, 3.05) is 6.54 Å². The van der Waals surface area contributed by atoms with Gasteiger partial charge in [-0.15, -0.1) is 0 Å². The number of aryl methyl sites for hydroxylation is 3. The molecule has 3 aromatic rings. The minimum atomic E-state index is -0.372. The molecule has 3 aromatic heterocycles. The molecule has 3 heterocycles. The van der Waals surface area contributed by atoms with Gasteiger partial charge in [-0.25, -0.2) is 9.78 Å². The van der Waals surface area contributed by atoms with Crippen LogP contribution in [-0.4, -0.2) is 31.7 Å². The van der Waals surface area contributed by atoms with Gasteiger partial charge in [0, 0.05) is 37.8 Å². The van der Waals surface area contributed by atoms with Crippen LogP contribution in [0.25, 0.3) is 11.0 Å². The van der Waals surface area contributed by atoms with Gasteiger partial charge in [0.15, 0.2) is 0 Å². The first kappa shape index (κ1) is 22.0. The van der Waals surface area contributed by atoms with Gasteiger partial charge in [0.1, 0.15) is 11.4 Å². The third-order valence-corrected chi connectivity index (χ3v) is 6.69. The number of nitrogens with zero attached hydrogens (tertiary/aromatic N) is 4. The lowest BCUT2D eigenvalue weighted by Gasteiger charge is -2.28. The summed E-state index contributed by atoms with van der Waals surface area (Å²) < 4.78 is 7.66. The fourth-order valence-electron chi connectivity index (χ4n) is 4.59. The van der Waals surface area contributed by atoms with E-state index in [9.17, 15) is 14.4 Å². The summed E-state index contributed by atoms with van der Waals surface area (Å²) in [5.41, 5.74) is 2.28. The van der Waals surface area contributed by atoms with E-state index in [1.807, 2.05) is 19.9 Å². The molecule has 0 unspecified atom stereocenters. The summed E-state index contributed by atoms with van der Waals surface area (Å²) >= 11 is 0. The monoisotopic (exact) mass is 439 g/mol. The molecule has 0 bridgehead atoms. The maximum absolute atomic E-state index is 12.4. The fraction of sp³-hybridized carbons (Fsp3) is 0.522. The molecule has 0 atom stereocenters. The van der Waals surface area contributed by atoms with Crippen molar-refractivity contribution in [1.29, 1.82) is 0 Å². The zero-order chi connectivity index (χ0) is 23.0. The molecule has 1 saturated carbocycles. The Bertz CT molecular complexity index is 1260. The maximum Gasteiger partial charge on any atom is 0.332 e. The van der Waals surface area contributed by atoms with Crippen molar-refractivity contribution in [3.8, 4) is 0 Å². The van der Waals surface area contributed by atoms with E-state index in [0.29, 0.717) is 29.3 Å². The Hall–Kier alpha value is -3.23. The molecule has 170 valence electrons. The minimum absolute atomic E-state index is 0.0137. The zero-order valence-electron chi connectivity index (χ0n) is 19.0. The van der Waals surface area contributed by atoms with Crippen LogP contribution in [0.4, 0.5) is 0 Å². The van der Waals surface area contributed by atoms with Crippen LogP contribution in [0.1, 0.15) is 54.3 Å². The average molecular weight is 440 g/mol. The summed E-state index contributed by atoms with van der Waals surface area (Å²) in [5, 5.41) is 7.40. The molecule has 9 nitrogen and oxygen atoms in total. The van der Waals surface area contributed by atoms with Gasteiger partial charge in [-0.2, -0.15) is 0 Å². The second-order valence-corrected chi connectivity index (χ2v) is 8.81. The standard InChI is InChI=1S/C23H29N5O4/c1-13-18(14(2)32-26-13)11-20(29)24-12-15-5-7-16(8-6-15)19-10-9-17-21(25-19)27(3)23(31)28(4)22(17)30/h9-10,15-16H,5-8,11-12H2,1-4H3,(H,24,29). The Balaban J connectivity index is 1.36. The van der Waals surface area contributed by atoms with E-state index in [4.69, 9.17) is 4.52 Å². The average Bonchev–Trinajstić information content (AvgIpc) is 3.12. The Morgan fingerprint density at radius 1 is 1.12 bits per heavy atom. The summed E-state index contributed by atoms with van der Waals surface area (Å²) in [4.78, 5) is 41.6. The Morgan fingerprint density at radius 2 is 1.84 bits per heavy atom. The number of nitrogens with one attached hydrogen (secondary N) is 1. The normalized spacial score (nSPS) is 18.8. The summed E-state index contributed by atoms with van der Waals surface area (Å²) in [5.74, 6) is 1.39. The van der Waals surface area contributed by atoms with Gasteiger partial charge in [0.05, 0.1) is 17.5 Å². The van der Waals surface area contributed by atoms with Crippen LogP contribution in [0.15, 0.2) is 26.2 Å². The fourth-order valence-corrected chi connectivity index (χ4v) is 4.59. The molecule has 1 fully saturated rings. The summed E-state index contributed by atoms with van der Waals surface area (Å²) in [7, 11) is 3.12. The largest absolute Gasteiger partial charge is 0.361 e. The molecule has 1 aliphatic rings. The van der Waals surface area contributed by atoms with E-state index in [2.05, 4.69) is 15.5 Å². The number of fused-ring (bicyclic) bond motifs is 1. The highest BCUT2D eigenvalue weighted by Gasteiger charge is 2.25. The van der Waals surface area contributed by atoms with Crippen LogP contribution < -0.4 is 16.6 Å². The summed E-state index contributed by atoms with van der Waals surface area (Å²) in [6.07, 6.45) is 4.19. The first-order chi connectivity index (χ1) is 15.3. The number of hydrogen-bond acceptors (Lipinski definition) is 6. The van der Waals surface area contributed by atoms with Gasteiger partial charge in [0.25, 0.3) is 5.56 Å². The molecule has 0 aliphatic heterocycles. The third-order valence-electron chi connectivity index (χ3n) is 6.69. The topological polar surface area (TPSA) is 112 Å². The first-order valence-corrected chi connectivity index (χ1v) is 11.0. The first-order valence-electron chi connectivity index (χ1n) is 11.0. The van der Waals surface area contributed by atoms with Gasteiger partial charge >= 0.3 is 5.69 Å². The van der Waals surface area contributed by atoms with E-state index in [-0.39, 0.29) is 29.5 Å². The van der Waals surface area contributed by atoms with Crippen LogP contribution in [0.3, 0.4) is 0 Å². The van der Waals surface area contributed by atoms with Crippen molar-refractivity contribution < 1.29 is 9.32 Å². The van der Waals surface area contributed by atoms with E-state index >= 15 is 0 Å². The SMILES string of the molecule is Cc1noc(C)c1CC(=O)NCC1CCC(c2ccc3c(=O)n(C)c(=O)n(C)c3n2)CC1. The molecule has 0 aromatic carbocycles. The number of amides is 1. The van der Waals surface area contributed by atoms with Gasteiger partial charge < -0.3 is 9.84 Å². The Labute approximate surface area is 185 Å². The van der Waals surface area contributed by atoms with E-state index < -0.39 is 0 Å². The predicted octanol–water partition coefficient (Wildman–Crippen LogP) is 1.87. The van der Waals surface area contributed by atoms with Gasteiger partial charge in [0.2, 0.25) is 5.91 Å². The Morgan fingerprint density at radius 3 is 2.50 bits per heavy atom.